The molecule has 1 aromatic rings. The van der Waals surface area contributed by atoms with Crippen LogP contribution in [0.15, 0.2) is 24.3 Å². The molecule has 0 aromatic heterocycles. The average Bonchev–Trinajstić information content (AvgIpc) is 2.13. The van der Waals surface area contributed by atoms with Crippen LogP contribution in [0.4, 0.5) is 5.69 Å². The molecule has 0 radical (unpaired) electrons. The second-order valence-corrected chi connectivity index (χ2v) is 4.99. The Hall–Kier alpha value is -1.40. The molecular weight excluding hydrogens is 230 g/mol. The second kappa shape index (κ2) is 5.09. The van der Waals surface area contributed by atoms with Crippen LogP contribution in [-0.4, -0.2) is 20.6 Å². The number of nitrogens with one attached hydrogen (secondary N) is 1. The molecule has 1 rings (SSSR count). The van der Waals surface area contributed by atoms with Gasteiger partial charge in [-0.15, -0.1) is 0 Å². The highest BCUT2D eigenvalue weighted by Gasteiger charge is 2.03. The molecular formula is C10H13NO4S. The molecule has 0 saturated carbocycles. The van der Waals surface area contributed by atoms with Crippen molar-refractivity contribution in [2.75, 3.05) is 11.6 Å². The van der Waals surface area contributed by atoms with E-state index in [1.807, 2.05) is 0 Å². The predicted octanol–water partition coefficient (Wildman–Crippen LogP) is 1.12. The predicted molar refractivity (Wildman–Crippen MR) is 60.4 cm³/mol. The van der Waals surface area contributed by atoms with Crippen molar-refractivity contribution in [3.63, 3.8) is 0 Å². The molecule has 1 N–H and O–H groups in total. The molecule has 88 valence electrons. The third-order valence-electron chi connectivity index (χ3n) is 1.69. The van der Waals surface area contributed by atoms with Gasteiger partial charge in [0.25, 0.3) is 10.1 Å². The lowest BCUT2D eigenvalue weighted by Crippen LogP contribution is -2.07. The smallest absolute Gasteiger partial charge is 0.264 e. The van der Waals surface area contributed by atoms with Crippen LogP contribution < -0.4 is 5.32 Å². The number of carbonyl (C=O) groups is 1. The summed E-state index contributed by atoms with van der Waals surface area (Å²) < 4.78 is 26.2. The molecule has 6 heteroatoms. The minimum atomic E-state index is -3.45. The molecule has 0 aliphatic heterocycles. The van der Waals surface area contributed by atoms with E-state index in [9.17, 15) is 13.2 Å². The lowest BCUT2D eigenvalue weighted by Gasteiger charge is -2.05. The first-order valence-corrected chi connectivity index (χ1v) is 6.39. The van der Waals surface area contributed by atoms with Gasteiger partial charge in [-0.25, -0.2) is 0 Å². The van der Waals surface area contributed by atoms with Crippen molar-refractivity contribution in [1.82, 2.24) is 0 Å². The number of hydrogen-bond acceptors (Lipinski definition) is 4. The molecule has 0 bridgehead atoms. The van der Waals surface area contributed by atoms with Crippen LogP contribution >= 0.6 is 0 Å². The van der Waals surface area contributed by atoms with Crippen LogP contribution in [0, 0.1) is 0 Å². The van der Waals surface area contributed by atoms with E-state index >= 15 is 0 Å². The van der Waals surface area contributed by atoms with Crippen LogP contribution in [0.3, 0.4) is 0 Å². The minimum absolute atomic E-state index is 0.0355. The molecule has 1 aromatic carbocycles. The first-order chi connectivity index (χ1) is 7.37. The molecule has 0 spiro atoms. The Bertz CT molecular complexity index is 481. The summed E-state index contributed by atoms with van der Waals surface area (Å²) in [5.41, 5.74) is 1.29. The maximum absolute atomic E-state index is 10.8. The molecule has 0 unspecified atom stereocenters. The number of rotatable bonds is 4. The fourth-order valence-corrected chi connectivity index (χ4v) is 1.47. The van der Waals surface area contributed by atoms with Gasteiger partial charge >= 0.3 is 0 Å². The van der Waals surface area contributed by atoms with Crippen LogP contribution in [0.2, 0.25) is 0 Å². The fourth-order valence-electron chi connectivity index (χ4n) is 1.12. The Morgan fingerprint density at radius 1 is 1.44 bits per heavy atom. The fraction of sp³-hybridized carbons (Fsp3) is 0.300. The number of anilines is 1. The summed E-state index contributed by atoms with van der Waals surface area (Å²) >= 11 is 0. The van der Waals surface area contributed by atoms with Crippen LogP contribution in [-0.2, 0) is 25.7 Å². The third-order valence-corrected chi connectivity index (χ3v) is 2.23. The summed E-state index contributed by atoms with van der Waals surface area (Å²) in [7, 11) is -3.45. The van der Waals surface area contributed by atoms with E-state index in [0.29, 0.717) is 11.3 Å². The normalized spacial score (nSPS) is 11.1. The maximum atomic E-state index is 10.8. The topological polar surface area (TPSA) is 72.5 Å². The monoisotopic (exact) mass is 243 g/mol. The summed E-state index contributed by atoms with van der Waals surface area (Å²) in [6.07, 6.45) is 0.991. The molecule has 16 heavy (non-hydrogen) atoms. The zero-order valence-electron chi connectivity index (χ0n) is 9.06. The van der Waals surface area contributed by atoms with E-state index in [0.717, 1.165) is 6.26 Å². The summed E-state index contributed by atoms with van der Waals surface area (Å²) in [5, 5.41) is 2.60. The molecule has 1 amide bonds. The van der Waals surface area contributed by atoms with Crippen molar-refractivity contribution in [1.29, 1.82) is 0 Å². The highest BCUT2D eigenvalue weighted by molar-refractivity contribution is 7.85. The van der Waals surface area contributed by atoms with Crippen molar-refractivity contribution in [2.45, 2.75) is 13.5 Å². The minimum Gasteiger partial charge on any atom is -0.326 e. The first-order valence-electron chi connectivity index (χ1n) is 4.58. The van der Waals surface area contributed by atoms with E-state index in [-0.39, 0.29) is 12.5 Å². The van der Waals surface area contributed by atoms with E-state index in [4.69, 9.17) is 0 Å². The van der Waals surface area contributed by atoms with Gasteiger partial charge < -0.3 is 5.32 Å². The van der Waals surface area contributed by atoms with Gasteiger partial charge in [-0.05, 0) is 17.7 Å². The van der Waals surface area contributed by atoms with Gasteiger partial charge in [-0.3, -0.25) is 8.98 Å². The van der Waals surface area contributed by atoms with Crippen molar-refractivity contribution in [3.8, 4) is 0 Å². The molecule has 0 aliphatic carbocycles. The summed E-state index contributed by atoms with van der Waals surface area (Å²) in [4.78, 5) is 10.8. The Kier molecular flexibility index (Phi) is 4.03. The summed E-state index contributed by atoms with van der Waals surface area (Å²) in [6.45, 7) is 1.37. The van der Waals surface area contributed by atoms with E-state index in [1.165, 1.54) is 6.92 Å². The van der Waals surface area contributed by atoms with E-state index in [2.05, 4.69) is 9.50 Å². The number of amides is 1. The lowest BCUT2D eigenvalue weighted by atomic mass is 10.2. The maximum Gasteiger partial charge on any atom is 0.264 e. The van der Waals surface area contributed by atoms with Gasteiger partial charge in [0.1, 0.15) is 0 Å². The van der Waals surface area contributed by atoms with Crippen molar-refractivity contribution in [3.05, 3.63) is 29.8 Å². The number of benzene rings is 1. The van der Waals surface area contributed by atoms with Crippen molar-refractivity contribution >= 4 is 21.7 Å². The first kappa shape index (κ1) is 12.7. The average molecular weight is 243 g/mol. The van der Waals surface area contributed by atoms with E-state index < -0.39 is 10.1 Å². The third kappa shape index (κ3) is 4.90. The van der Waals surface area contributed by atoms with Crippen molar-refractivity contribution in [2.24, 2.45) is 0 Å². The van der Waals surface area contributed by atoms with Crippen LogP contribution in [0.1, 0.15) is 12.5 Å². The van der Waals surface area contributed by atoms with Gasteiger partial charge in [0, 0.05) is 12.6 Å². The highest BCUT2D eigenvalue weighted by Crippen LogP contribution is 2.12. The standard InChI is InChI=1S/C10H13NO4S/c1-8(12)11-10-5-3-4-9(6-10)7-15-16(2,13)14/h3-6H,7H2,1-2H3,(H,11,12). The van der Waals surface area contributed by atoms with Gasteiger partial charge in [0.05, 0.1) is 12.9 Å². The molecule has 0 atom stereocenters. The van der Waals surface area contributed by atoms with Gasteiger partial charge in [-0.2, -0.15) is 8.42 Å². The molecule has 0 saturated heterocycles. The number of hydrogen-bond donors (Lipinski definition) is 1. The Labute approximate surface area is 94.6 Å². The summed E-state index contributed by atoms with van der Waals surface area (Å²) in [6, 6.07) is 6.81. The van der Waals surface area contributed by atoms with Gasteiger partial charge in [-0.1, -0.05) is 12.1 Å². The zero-order chi connectivity index (χ0) is 12.2. The Morgan fingerprint density at radius 2 is 2.12 bits per heavy atom. The zero-order valence-corrected chi connectivity index (χ0v) is 9.87. The van der Waals surface area contributed by atoms with Crippen molar-refractivity contribution < 1.29 is 17.4 Å². The molecule has 0 heterocycles. The Morgan fingerprint density at radius 3 is 2.69 bits per heavy atom. The molecule has 5 nitrogen and oxygen atoms in total. The van der Waals surface area contributed by atoms with Gasteiger partial charge in [0.15, 0.2) is 0 Å². The number of carbonyl (C=O) groups excluding carboxylic acids is 1. The van der Waals surface area contributed by atoms with Gasteiger partial charge in [0.2, 0.25) is 5.91 Å². The SMILES string of the molecule is CC(=O)Nc1cccc(COS(C)(=O)=O)c1. The quantitative estimate of drug-likeness (QED) is 0.804. The van der Waals surface area contributed by atoms with Crippen LogP contribution in [0.5, 0.6) is 0 Å². The highest BCUT2D eigenvalue weighted by atomic mass is 32.2. The Balaban J connectivity index is 2.71. The molecule has 0 aliphatic rings. The molecule has 0 fully saturated rings. The lowest BCUT2D eigenvalue weighted by molar-refractivity contribution is -0.114. The second-order valence-electron chi connectivity index (χ2n) is 3.35. The van der Waals surface area contributed by atoms with E-state index in [1.54, 1.807) is 24.3 Å². The van der Waals surface area contributed by atoms with Crippen LogP contribution in [0.25, 0.3) is 0 Å². The largest absolute Gasteiger partial charge is 0.326 e. The summed E-state index contributed by atoms with van der Waals surface area (Å²) in [5.74, 6) is -0.179.